The average molecular weight is 147 g/mol. The largest absolute Gasteiger partial charge is 0.467 e. The van der Waals surface area contributed by atoms with Crippen LogP contribution in [0.3, 0.4) is 0 Å². The van der Waals surface area contributed by atoms with Crippen molar-refractivity contribution in [1.29, 1.82) is 0 Å². The minimum atomic E-state index is -0.648. The number of hydrogen-bond acceptors (Lipinski definition) is 4. The van der Waals surface area contributed by atoms with E-state index in [9.17, 15) is 4.79 Å². The van der Waals surface area contributed by atoms with Crippen LogP contribution in [0.1, 0.15) is 13.8 Å². The fourth-order valence-electron chi connectivity index (χ4n) is 0.601. The number of hydrogen-bond donors (Lipinski definition) is 1. The Morgan fingerprint density at radius 3 is 2.10 bits per heavy atom. The molecule has 0 aromatic rings. The van der Waals surface area contributed by atoms with E-state index in [4.69, 9.17) is 5.90 Å². The van der Waals surface area contributed by atoms with Crippen LogP contribution >= 0.6 is 0 Å². The predicted octanol–water partition coefficient (Wildman–Crippen LogP) is 0.0743. The summed E-state index contributed by atoms with van der Waals surface area (Å²) in [6, 6.07) is 0. The Balaban J connectivity index is 3.93. The van der Waals surface area contributed by atoms with Crippen molar-refractivity contribution in [3.63, 3.8) is 0 Å². The van der Waals surface area contributed by atoms with Crippen LogP contribution in [0.15, 0.2) is 0 Å². The third-order valence-corrected chi connectivity index (χ3v) is 1.19. The van der Waals surface area contributed by atoms with E-state index >= 15 is 0 Å². The molecule has 0 aromatic heterocycles. The highest BCUT2D eigenvalue weighted by Gasteiger charge is 2.22. The van der Waals surface area contributed by atoms with Gasteiger partial charge < -0.3 is 4.74 Å². The van der Waals surface area contributed by atoms with Gasteiger partial charge in [0.15, 0.2) is 6.10 Å². The fraction of sp³-hybridized carbons (Fsp3) is 0.833. The summed E-state index contributed by atoms with van der Waals surface area (Å²) >= 11 is 0. The maximum absolute atomic E-state index is 10.8. The van der Waals surface area contributed by atoms with Gasteiger partial charge in [-0.1, -0.05) is 13.8 Å². The number of ether oxygens (including phenoxy) is 1. The predicted molar refractivity (Wildman–Crippen MR) is 35.9 cm³/mol. The Kier molecular flexibility index (Phi) is 3.99. The molecule has 0 aliphatic heterocycles. The Morgan fingerprint density at radius 1 is 1.50 bits per heavy atom. The number of carbonyl (C=O) groups excluding carboxylic acids is 1. The number of rotatable bonds is 3. The SMILES string of the molecule is COC(=O)[C@@H](ON)C(C)C. The normalized spacial score (nSPS) is 13.3. The van der Waals surface area contributed by atoms with Crippen LogP contribution in [0.25, 0.3) is 0 Å². The standard InChI is InChI=1S/C6H13NO3/c1-4(2)5(10-7)6(8)9-3/h4-5H,7H2,1-3H3/t5-/m0/s1. The lowest BCUT2D eigenvalue weighted by Crippen LogP contribution is -2.33. The molecule has 0 aliphatic carbocycles. The Bertz CT molecular complexity index is 114. The molecule has 0 saturated carbocycles. The average Bonchev–Trinajstić information content (AvgIpc) is 1.88. The summed E-state index contributed by atoms with van der Waals surface area (Å²) in [6.07, 6.45) is -0.648. The van der Waals surface area contributed by atoms with Crippen molar-refractivity contribution < 1.29 is 14.4 Å². The Labute approximate surface area is 60.2 Å². The van der Waals surface area contributed by atoms with E-state index in [0.717, 1.165) is 0 Å². The van der Waals surface area contributed by atoms with Crippen LogP contribution in [0.4, 0.5) is 0 Å². The van der Waals surface area contributed by atoms with E-state index in [2.05, 4.69) is 9.57 Å². The lowest BCUT2D eigenvalue weighted by molar-refractivity contribution is -0.157. The van der Waals surface area contributed by atoms with Crippen LogP contribution in [-0.4, -0.2) is 19.2 Å². The molecule has 2 N–H and O–H groups in total. The van der Waals surface area contributed by atoms with Crippen molar-refractivity contribution in [1.82, 2.24) is 0 Å². The molecule has 1 atom stereocenters. The maximum Gasteiger partial charge on any atom is 0.337 e. The van der Waals surface area contributed by atoms with Gasteiger partial charge in [-0.05, 0) is 5.92 Å². The highest BCUT2D eigenvalue weighted by molar-refractivity contribution is 5.74. The summed E-state index contributed by atoms with van der Waals surface area (Å²) in [5.41, 5.74) is 0. The molecule has 0 radical (unpaired) electrons. The van der Waals surface area contributed by atoms with Crippen LogP contribution < -0.4 is 5.90 Å². The van der Waals surface area contributed by atoms with E-state index in [1.165, 1.54) is 7.11 Å². The lowest BCUT2D eigenvalue weighted by Gasteiger charge is -2.14. The topological polar surface area (TPSA) is 61.5 Å². The highest BCUT2D eigenvalue weighted by Crippen LogP contribution is 2.05. The first-order valence-corrected chi connectivity index (χ1v) is 3.06. The first-order chi connectivity index (χ1) is 4.63. The van der Waals surface area contributed by atoms with E-state index in [1.807, 2.05) is 13.8 Å². The van der Waals surface area contributed by atoms with Crippen molar-refractivity contribution in [3.8, 4) is 0 Å². The first kappa shape index (κ1) is 9.39. The molecule has 0 heterocycles. The summed E-state index contributed by atoms with van der Waals surface area (Å²) in [5, 5.41) is 0. The van der Waals surface area contributed by atoms with E-state index in [-0.39, 0.29) is 5.92 Å². The maximum atomic E-state index is 10.8. The smallest absolute Gasteiger partial charge is 0.337 e. The molecule has 0 aromatic carbocycles. The number of carbonyl (C=O) groups is 1. The van der Waals surface area contributed by atoms with Crippen molar-refractivity contribution in [2.75, 3.05) is 7.11 Å². The second-order valence-corrected chi connectivity index (χ2v) is 2.32. The molecule has 0 aliphatic rings. The minimum absolute atomic E-state index is 0.0393. The lowest BCUT2D eigenvalue weighted by atomic mass is 10.1. The van der Waals surface area contributed by atoms with Gasteiger partial charge in [0.1, 0.15) is 0 Å². The van der Waals surface area contributed by atoms with E-state index < -0.39 is 12.1 Å². The zero-order valence-corrected chi connectivity index (χ0v) is 6.46. The van der Waals surface area contributed by atoms with Gasteiger partial charge in [-0.2, -0.15) is 0 Å². The number of nitrogens with two attached hydrogens (primary N) is 1. The van der Waals surface area contributed by atoms with Gasteiger partial charge in [0.05, 0.1) is 7.11 Å². The van der Waals surface area contributed by atoms with Gasteiger partial charge in [-0.3, -0.25) is 4.84 Å². The zero-order valence-electron chi connectivity index (χ0n) is 6.46. The first-order valence-electron chi connectivity index (χ1n) is 3.06. The molecule has 0 saturated heterocycles. The molecule has 4 heteroatoms. The number of methoxy groups -OCH3 is 1. The molecule has 0 rings (SSSR count). The summed E-state index contributed by atoms with van der Waals surface area (Å²) < 4.78 is 4.42. The van der Waals surface area contributed by atoms with Gasteiger partial charge >= 0.3 is 5.97 Å². The highest BCUT2D eigenvalue weighted by atomic mass is 16.6. The summed E-state index contributed by atoms with van der Waals surface area (Å²) in [6.45, 7) is 3.66. The van der Waals surface area contributed by atoms with Gasteiger partial charge in [0.25, 0.3) is 0 Å². The molecular weight excluding hydrogens is 134 g/mol. The third-order valence-electron chi connectivity index (χ3n) is 1.19. The zero-order chi connectivity index (χ0) is 8.15. The summed E-state index contributed by atoms with van der Waals surface area (Å²) in [4.78, 5) is 15.1. The fourth-order valence-corrected chi connectivity index (χ4v) is 0.601. The van der Waals surface area contributed by atoms with Crippen molar-refractivity contribution >= 4 is 5.97 Å². The van der Waals surface area contributed by atoms with Crippen LogP contribution in [0, 0.1) is 5.92 Å². The number of esters is 1. The third kappa shape index (κ3) is 2.33. The molecule has 0 fully saturated rings. The Morgan fingerprint density at radius 2 is 2.00 bits per heavy atom. The molecule has 0 bridgehead atoms. The molecule has 0 spiro atoms. The van der Waals surface area contributed by atoms with Crippen molar-refractivity contribution in [3.05, 3.63) is 0 Å². The second-order valence-electron chi connectivity index (χ2n) is 2.32. The monoisotopic (exact) mass is 147 g/mol. The molecular formula is C6H13NO3. The quantitative estimate of drug-likeness (QED) is 0.453. The molecule has 60 valence electrons. The van der Waals surface area contributed by atoms with Crippen molar-refractivity contribution in [2.45, 2.75) is 20.0 Å². The minimum Gasteiger partial charge on any atom is -0.467 e. The van der Waals surface area contributed by atoms with Gasteiger partial charge in [0.2, 0.25) is 0 Å². The summed E-state index contributed by atoms with van der Waals surface area (Å²) in [7, 11) is 1.30. The molecule has 0 amide bonds. The van der Waals surface area contributed by atoms with E-state index in [0.29, 0.717) is 0 Å². The second kappa shape index (κ2) is 4.24. The van der Waals surface area contributed by atoms with Crippen molar-refractivity contribution in [2.24, 2.45) is 11.8 Å². The van der Waals surface area contributed by atoms with E-state index in [1.54, 1.807) is 0 Å². The van der Waals surface area contributed by atoms with Crippen LogP contribution in [-0.2, 0) is 14.4 Å². The molecule has 0 unspecified atom stereocenters. The van der Waals surface area contributed by atoms with Gasteiger partial charge in [-0.15, -0.1) is 0 Å². The summed E-state index contributed by atoms with van der Waals surface area (Å²) in [5.74, 6) is 4.46. The Hall–Kier alpha value is -0.610. The van der Waals surface area contributed by atoms with Crippen LogP contribution in [0.2, 0.25) is 0 Å². The molecule has 10 heavy (non-hydrogen) atoms. The van der Waals surface area contributed by atoms with Crippen LogP contribution in [0.5, 0.6) is 0 Å². The van der Waals surface area contributed by atoms with Gasteiger partial charge in [-0.25, -0.2) is 10.7 Å². The molecule has 4 nitrogen and oxygen atoms in total. The van der Waals surface area contributed by atoms with Gasteiger partial charge in [0, 0.05) is 0 Å².